The molecule has 19 heavy (non-hydrogen) atoms. The summed E-state index contributed by atoms with van der Waals surface area (Å²) in [6.45, 7) is 4.14. The summed E-state index contributed by atoms with van der Waals surface area (Å²) < 4.78 is 10.6. The lowest BCUT2D eigenvalue weighted by Crippen LogP contribution is -2.49. The molecule has 2 rings (SSSR count). The Morgan fingerprint density at radius 3 is 3.00 bits per heavy atom. The van der Waals surface area contributed by atoms with Crippen LogP contribution in [0.5, 0.6) is 5.75 Å². The number of nitrogens with zero attached hydrogens (tertiary/aromatic N) is 1. The van der Waals surface area contributed by atoms with Crippen LogP contribution >= 0.6 is 0 Å². The molecule has 0 bridgehead atoms. The number of likely N-dealkylation sites (N-methyl/N-ethyl adjacent to an activating group) is 1. The first-order valence-corrected chi connectivity index (χ1v) is 6.50. The fourth-order valence-electron chi connectivity index (χ4n) is 2.24. The van der Waals surface area contributed by atoms with Gasteiger partial charge in [0.2, 0.25) is 0 Å². The maximum atomic E-state index is 12.0. The average molecular weight is 264 g/mol. The van der Waals surface area contributed by atoms with E-state index in [1.165, 1.54) is 0 Å². The lowest BCUT2D eigenvalue weighted by Gasteiger charge is -2.32. The third kappa shape index (κ3) is 3.24. The minimum Gasteiger partial charge on any atom is -0.482 e. The quantitative estimate of drug-likeness (QED) is 0.834. The summed E-state index contributed by atoms with van der Waals surface area (Å²) in [6, 6.07) is 7.72. The van der Waals surface area contributed by atoms with Gasteiger partial charge in [-0.3, -0.25) is 4.79 Å². The highest BCUT2D eigenvalue weighted by Crippen LogP contribution is 2.31. The molecule has 1 aliphatic rings. The number of hydrogen-bond acceptors (Lipinski definition) is 4. The summed E-state index contributed by atoms with van der Waals surface area (Å²) in [4.78, 5) is 13.8. The molecule has 0 spiro atoms. The van der Waals surface area contributed by atoms with Crippen molar-refractivity contribution < 1.29 is 14.3 Å². The van der Waals surface area contributed by atoms with Crippen LogP contribution in [0, 0.1) is 0 Å². The van der Waals surface area contributed by atoms with Crippen molar-refractivity contribution in [3.05, 3.63) is 24.3 Å². The normalized spacial score (nSPS) is 15.9. The molecule has 0 saturated heterocycles. The van der Waals surface area contributed by atoms with Crippen LogP contribution in [-0.2, 0) is 9.53 Å². The zero-order valence-electron chi connectivity index (χ0n) is 11.4. The van der Waals surface area contributed by atoms with Crippen molar-refractivity contribution >= 4 is 11.6 Å². The van der Waals surface area contributed by atoms with E-state index in [9.17, 15) is 4.79 Å². The molecule has 1 aromatic rings. The second-order valence-corrected chi connectivity index (χ2v) is 4.47. The zero-order chi connectivity index (χ0) is 13.7. The fourth-order valence-corrected chi connectivity index (χ4v) is 2.24. The average Bonchev–Trinajstić information content (AvgIpc) is 2.42. The molecule has 1 amide bonds. The van der Waals surface area contributed by atoms with Gasteiger partial charge in [-0.2, -0.15) is 0 Å². The molecule has 0 saturated carbocycles. The van der Waals surface area contributed by atoms with Crippen molar-refractivity contribution in [2.75, 3.05) is 38.3 Å². The third-order valence-corrected chi connectivity index (χ3v) is 3.07. The van der Waals surface area contributed by atoms with Gasteiger partial charge in [0.1, 0.15) is 5.75 Å². The molecule has 0 aliphatic carbocycles. The largest absolute Gasteiger partial charge is 0.482 e. The number of anilines is 1. The van der Waals surface area contributed by atoms with E-state index in [1.54, 1.807) is 12.0 Å². The Hall–Kier alpha value is -1.59. The van der Waals surface area contributed by atoms with E-state index >= 15 is 0 Å². The Morgan fingerprint density at radius 2 is 2.26 bits per heavy atom. The summed E-state index contributed by atoms with van der Waals surface area (Å²) in [7, 11) is 1.67. The van der Waals surface area contributed by atoms with Crippen LogP contribution in [0.1, 0.15) is 6.92 Å². The first kappa shape index (κ1) is 13.8. The zero-order valence-corrected chi connectivity index (χ0v) is 11.4. The van der Waals surface area contributed by atoms with Gasteiger partial charge in [0.05, 0.1) is 12.3 Å². The molecule has 1 aromatic carbocycles. The molecule has 0 radical (unpaired) electrons. The number of nitrogens with one attached hydrogen (secondary N) is 1. The van der Waals surface area contributed by atoms with Crippen LogP contribution in [0.25, 0.3) is 0 Å². The fraction of sp³-hybridized carbons (Fsp3) is 0.500. The maximum absolute atomic E-state index is 12.0. The summed E-state index contributed by atoms with van der Waals surface area (Å²) >= 11 is 0. The van der Waals surface area contributed by atoms with Crippen LogP contribution in [0.2, 0.25) is 0 Å². The highest BCUT2D eigenvalue weighted by Gasteiger charge is 2.27. The summed E-state index contributed by atoms with van der Waals surface area (Å²) in [5, 5.41) is 3.32. The molecule has 0 fully saturated rings. The number of rotatable bonds is 6. The number of hydrogen-bond donors (Lipinski definition) is 1. The van der Waals surface area contributed by atoms with Crippen LogP contribution in [0.3, 0.4) is 0 Å². The molecule has 1 atom stereocenters. The maximum Gasteiger partial charge on any atom is 0.265 e. The predicted octanol–water partition coefficient (Wildman–Crippen LogP) is 1.04. The highest BCUT2D eigenvalue weighted by atomic mass is 16.5. The van der Waals surface area contributed by atoms with Gasteiger partial charge in [0, 0.05) is 19.7 Å². The number of ether oxygens (including phenoxy) is 2. The molecule has 1 heterocycles. The van der Waals surface area contributed by atoms with Crippen molar-refractivity contribution in [2.45, 2.75) is 13.0 Å². The number of carbonyl (C=O) groups is 1. The Bertz CT molecular complexity index is 430. The predicted molar refractivity (Wildman–Crippen MR) is 73.6 cm³/mol. The monoisotopic (exact) mass is 264 g/mol. The molecule has 1 aliphatic heterocycles. The van der Waals surface area contributed by atoms with E-state index in [1.807, 2.05) is 31.2 Å². The van der Waals surface area contributed by atoms with E-state index in [4.69, 9.17) is 9.47 Å². The topological polar surface area (TPSA) is 50.8 Å². The standard InChI is InChI=1S/C14H20N2O3/c1-3-15-11(9-18-2)8-16-12-6-4-5-7-13(12)19-10-14(16)17/h4-7,11,15H,3,8-10H2,1-2H3. The SMILES string of the molecule is CCNC(COC)CN1C(=O)COc2ccccc21. The number of para-hydroxylation sites is 2. The van der Waals surface area contributed by atoms with Crippen molar-refractivity contribution in [1.29, 1.82) is 0 Å². The van der Waals surface area contributed by atoms with E-state index in [0.717, 1.165) is 18.0 Å². The van der Waals surface area contributed by atoms with Gasteiger partial charge in [-0.25, -0.2) is 0 Å². The van der Waals surface area contributed by atoms with Gasteiger partial charge in [-0.1, -0.05) is 19.1 Å². The molecular formula is C14H20N2O3. The van der Waals surface area contributed by atoms with Crippen molar-refractivity contribution in [3.63, 3.8) is 0 Å². The van der Waals surface area contributed by atoms with Crippen LogP contribution in [0.15, 0.2) is 24.3 Å². The van der Waals surface area contributed by atoms with Gasteiger partial charge in [-0.05, 0) is 18.7 Å². The first-order chi connectivity index (χ1) is 9.26. The van der Waals surface area contributed by atoms with E-state index in [-0.39, 0.29) is 18.6 Å². The molecular weight excluding hydrogens is 244 g/mol. The Kier molecular flexibility index (Phi) is 4.76. The minimum atomic E-state index is -0.0160. The van der Waals surface area contributed by atoms with Crippen LogP contribution in [0.4, 0.5) is 5.69 Å². The van der Waals surface area contributed by atoms with Gasteiger partial charge in [-0.15, -0.1) is 0 Å². The molecule has 5 nitrogen and oxygen atoms in total. The molecule has 0 aromatic heterocycles. The van der Waals surface area contributed by atoms with E-state index < -0.39 is 0 Å². The summed E-state index contributed by atoms with van der Waals surface area (Å²) in [5.74, 6) is 0.743. The number of amides is 1. The highest BCUT2D eigenvalue weighted by molar-refractivity contribution is 5.97. The number of benzene rings is 1. The van der Waals surface area contributed by atoms with E-state index in [2.05, 4.69) is 5.32 Å². The van der Waals surface area contributed by atoms with Crippen LogP contribution in [-0.4, -0.2) is 45.4 Å². The second-order valence-electron chi connectivity index (χ2n) is 4.47. The number of methoxy groups -OCH3 is 1. The van der Waals surface area contributed by atoms with Crippen molar-refractivity contribution in [2.24, 2.45) is 0 Å². The first-order valence-electron chi connectivity index (χ1n) is 6.50. The molecule has 5 heteroatoms. The molecule has 1 unspecified atom stereocenters. The summed E-state index contributed by atoms with van der Waals surface area (Å²) in [6.07, 6.45) is 0. The van der Waals surface area contributed by atoms with Crippen molar-refractivity contribution in [3.8, 4) is 5.75 Å². The van der Waals surface area contributed by atoms with Gasteiger partial charge >= 0.3 is 0 Å². The third-order valence-electron chi connectivity index (χ3n) is 3.07. The summed E-state index contributed by atoms with van der Waals surface area (Å²) in [5.41, 5.74) is 0.831. The van der Waals surface area contributed by atoms with Crippen LogP contribution < -0.4 is 15.0 Å². The Balaban J connectivity index is 2.15. The van der Waals surface area contributed by atoms with Crippen molar-refractivity contribution in [1.82, 2.24) is 5.32 Å². The molecule has 104 valence electrons. The molecule has 1 N–H and O–H groups in total. The Morgan fingerprint density at radius 1 is 1.47 bits per heavy atom. The number of fused-ring (bicyclic) bond motifs is 1. The van der Waals surface area contributed by atoms with E-state index in [0.29, 0.717) is 13.2 Å². The lowest BCUT2D eigenvalue weighted by molar-refractivity contribution is -0.121. The second kappa shape index (κ2) is 6.54. The number of carbonyl (C=O) groups excluding carboxylic acids is 1. The Labute approximate surface area is 113 Å². The van der Waals surface area contributed by atoms with Gasteiger partial charge in [0.15, 0.2) is 6.61 Å². The van der Waals surface area contributed by atoms with Gasteiger partial charge in [0.25, 0.3) is 5.91 Å². The lowest BCUT2D eigenvalue weighted by atomic mass is 10.2. The van der Waals surface area contributed by atoms with Gasteiger partial charge < -0.3 is 19.7 Å². The minimum absolute atomic E-state index is 0.0160. The smallest absolute Gasteiger partial charge is 0.265 e.